The van der Waals surface area contributed by atoms with E-state index in [0.717, 1.165) is 11.0 Å². The Balaban J connectivity index is 0. The first-order valence-electron chi connectivity index (χ1n) is 2.72. The van der Waals surface area contributed by atoms with E-state index >= 15 is 0 Å². The SMILES string of the molecule is [Cl-].[Cl-].[Zn+2].c1ccc2n[nH]nc2c1. The van der Waals surface area contributed by atoms with Crippen molar-refractivity contribution >= 4 is 11.0 Å². The van der Waals surface area contributed by atoms with E-state index in [-0.39, 0.29) is 44.3 Å². The zero-order valence-electron chi connectivity index (χ0n) is 6.17. The molecule has 1 aromatic carbocycles. The largest absolute Gasteiger partial charge is 2.00 e. The fourth-order valence-electron chi connectivity index (χ4n) is 0.786. The molecule has 0 radical (unpaired) electrons. The molecule has 6 heteroatoms. The molecule has 1 heterocycles. The molecule has 0 amide bonds. The van der Waals surface area contributed by atoms with Gasteiger partial charge in [0, 0.05) is 0 Å². The number of benzene rings is 1. The summed E-state index contributed by atoms with van der Waals surface area (Å²) in [5.41, 5.74) is 1.83. The van der Waals surface area contributed by atoms with Gasteiger partial charge in [0.1, 0.15) is 11.0 Å². The van der Waals surface area contributed by atoms with Gasteiger partial charge in [0.05, 0.1) is 0 Å². The Bertz CT molecular complexity index is 295. The van der Waals surface area contributed by atoms with Gasteiger partial charge in [-0.2, -0.15) is 15.4 Å². The standard InChI is InChI=1S/C6H5N3.2ClH.Zn/c1-2-4-6-5(3-1)7-9-8-6;;;/h1-4H,(H,7,8,9);2*1H;/q;;;+2/p-2. The van der Waals surface area contributed by atoms with E-state index in [1.54, 1.807) is 0 Å². The van der Waals surface area contributed by atoms with E-state index in [9.17, 15) is 0 Å². The third kappa shape index (κ3) is 2.70. The van der Waals surface area contributed by atoms with Crippen LogP contribution < -0.4 is 24.8 Å². The quantitative estimate of drug-likeness (QED) is 0.479. The van der Waals surface area contributed by atoms with Crippen molar-refractivity contribution in [2.75, 3.05) is 0 Å². The molecular weight excluding hydrogens is 250 g/mol. The zero-order chi connectivity index (χ0) is 6.10. The van der Waals surface area contributed by atoms with Crippen LogP contribution in [0.1, 0.15) is 0 Å². The van der Waals surface area contributed by atoms with Crippen LogP contribution in [0.25, 0.3) is 11.0 Å². The van der Waals surface area contributed by atoms with Crippen molar-refractivity contribution in [3.8, 4) is 0 Å². The van der Waals surface area contributed by atoms with Crippen molar-refractivity contribution in [1.82, 2.24) is 15.4 Å². The van der Waals surface area contributed by atoms with Crippen LogP contribution in [0.4, 0.5) is 0 Å². The number of hydrogen-bond donors (Lipinski definition) is 1. The Morgan fingerprint density at radius 1 is 0.917 bits per heavy atom. The van der Waals surface area contributed by atoms with Crippen LogP contribution in [0.3, 0.4) is 0 Å². The topological polar surface area (TPSA) is 41.6 Å². The summed E-state index contributed by atoms with van der Waals surface area (Å²) >= 11 is 0. The van der Waals surface area contributed by atoms with Gasteiger partial charge in [-0.05, 0) is 12.1 Å². The van der Waals surface area contributed by atoms with Crippen LogP contribution in [0.2, 0.25) is 0 Å². The predicted octanol–water partition coefficient (Wildman–Crippen LogP) is -5.04. The van der Waals surface area contributed by atoms with Gasteiger partial charge in [-0.15, -0.1) is 0 Å². The first-order valence-corrected chi connectivity index (χ1v) is 2.72. The Hall–Kier alpha value is -0.177. The maximum Gasteiger partial charge on any atom is 2.00 e. The average Bonchev–Trinajstić information content (AvgIpc) is 2.33. The second kappa shape index (κ2) is 6.35. The molecule has 0 spiro atoms. The Kier molecular flexibility index (Phi) is 7.60. The van der Waals surface area contributed by atoms with Crippen molar-refractivity contribution in [3.63, 3.8) is 0 Å². The van der Waals surface area contributed by atoms with Gasteiger partial charge in [0.2, 0.25) is 0 Å². The fraction of sp³-hybridized carbons (Fsp3) is 0. The third-order valence-electron chi connectivity index (χ3n) is 1.22. The molecule has 0 aliphatic rings. The number of H-pyrrole nitrogens is 1. The van der Waals surface area contributed by atoms with Crippen molar-refractivity contribution in [1.29, 1.82) is 0 Å². The molecule has 0 aliphatic carbocycles. The number of hydrogen-bond acceptors (Lipinski definition) is 2. The third-order valence-corrected chi connectivity index (χ3v) is 1.22. The monoisotopic (exact) mass is 253 g/mol. The molecule has 12 heavy (non-hydrogen) atoms. The molecule has 0 fully saturated rings. The van der Waals surface area contributed by atoms with Gasteiger partial charge in [-0.1, -0.05) is 12.1 Å². The normalized spacial score (nSPS) is 7.67. The summed E-state index contributed by atoms with van der Waals surface area (Å²) in [7, 11) is 0. The van der Waals surface area contributed by atoms with Crippen LogP contribution >= 0.6 is 0 Å². The second-order valence-electron chi connectivity index (χ2n) is 1.81. The molecule has 0 saturated heterocycles. The number of aromatic nitrogens is 3. The second-order valence-corrected chi connectivity index (χ2v) is 1.81. The Morgan fingerprint density at radius 2 is 1.33 bits per heavy atom. The number of aromatic amines is 1. The summed E-state index contributed by atoms with van der Waals surface area (Å²) in [5.74, 6) is 0. The minimum atomic E-state index is 0. The zero-order valence-corrected chi connectivity index (χ0v) is 10.6. The average molecular weight is 255 g/mol. The van der Waals surface area contributed by atoms with Gasteiger partial charge >= 0.3 is 19.5 Å². The fourth-order valence-corrected chi connectivity index (χ4v) is 0.786. The van der Waals surface area contributed by atoms with Crippen LogP contribution in [-0.2, 0) is 19.5 Å². The number of halogens is 2. The molecule has 60 valence electrons. The van der Waals surface area contributed by atoms with Crippen molar-refractivity contribution in [2.45, 2.75) is 0 Å². The minimum Gasteiger partial charge on any atom is -1.00 e. The van der Waals surface area contributed by atoms with Crippen LogP contribution in [0.5, 0.6) is 0 Å². The maximum absolute atomic E-state index is 3.88. The number of fused-ring (bicyclic) bond motifs is 1. The number of rotatable bonds is 0. The molecule has 1 N–H and O–H groups in total. The van der Waals surface area contributed by atoms with E-state index in [1.807, 2.05) is 24.3 Å². The van der Waals surface area contributed by atoms with Crippen molar-refractivity contribution < 1.29 is 44.3 Å². The number of nitrogens with one attached hydrogen (secondary N) is 1. The van der Waals surface area contributed by atoms with Crippen LogP contribution in [-0.4, -0.2) is 15.4 Å². The molecule has 1 aromatic heterocycles. The minimum absolute atomic E-state index is 0. The van der Waals surface area contributed by atoms with E-state index in [0.29, 0.717) is 0 Å². The smallest absolute Gasteiger partial charge is 1.00 e. The molecule has 0 saturated carbocycles. The van der Waals surface area contributed by atoms with Gasteiger partial charge in [-0.3, -0.25) is 0 Å². The van der Waals surface area contributed by atoms with Gasteiger partial charge in [0.15, 0.2) is 0 Å². The van der Waals surface area contributed by atoms with Gasteiger partial charge in [0.25, 0.3) is 0 Å². The molecule has 0 atom stereocenters. The molecular formula is C6H5Cl2N3Zn. The van der Waals surface area contributed by atoms with Crippen molar-refractivity contribution in [3.05, 3.63) is 24.3 Å². The first kappa shape index (κ1) is 14.4. The molecule has 2 aromatic rings. The predicted molar refractivity (Wildman–Crippen MR) is 33.9 cm³/mol. The molecule has 0 aliphatic heterocycles. The molecule has 0 bridgehead atoms. The summed E-state index contributed by atoms with van der Waals surface area (Å²) < 4.78 is 0. The first-order chi connectivity index (χ1) is 4.47. The summed E-state index contributed by atoms with van der Waals surface area (Å²) in [6.45, 7) is 0. The van der Waals surface area contributed by atoms with Crippen LogP contribution in [0.15, 0.2) is 24.3 Å². The summed E-state index contributed by atoms with van der Waals surface area (Å²) in [6, 6.07) is 7.70. The Labute approximate surface area is 94.9 Å². The summed E-state index contributed by atoms with van der Waals surface area (Å²) in [5, 5.41) is 10.3. The number of para-hydroxylation sites is 2. The summed E-state index contributed by atoms with van der Waals surface area (Å²) in [6.07, 6.45) is 0. The van der Waals surface area contributed by atoms with Gasteiger partial charge < -0.3 is 24.8 Å². The van der Waals surface area contributed by atoms with E-state index in [2.05, 4.69) is 15.4 Å². The molecule has 2 rings (SSSR count). The van der Waals surface area contributed by atoms with E-state index in [4.69, 9.17) is 0 Å². The van der Waals surface area contributed by atoms with E-state index < -0.39 is 0 Å². The van der Waals surface area contributed by atoms with E-state index in [1.165, 1.54) is 0 Å². The molecule has 3 nitrogen and oxygen atoms in total. The molecule has 0 unspecified atom stereocenters. The van der Waals surface area contributed by atoms with Gasteiger partial charge in [-0.25, -0.2) is 0 Å². The maximum atomic E-state index is 3.88. The van der Waals surface area contributed by atoms with Crippen molar-refractivity contribution in [2.24, 2.45) is 0 Å². The van der Waals surface area contributed by atoms with Crippen LogP contribution in [0, 0.1) is 0 Å². The number of nitrogens with zero attached hydrogens (tertiary/aromatic N) is 2. The Morgan fingerprint density at radius 3 is 1.75 bits per heavy atom. The summed E-state index contributed by atoms with van der Waals surface area (Å²) in [4.78, 5) is 0.